The smallest absolute Gasteiger partial charge is 0.255 e. The molecule has 5 rings (SSSR count). The van der Waals surface area contributed by atoms with Gasteiger partial charge in [-0.2, -0.15) is 0 Å². The van der Waals surface area contributed by atoms with Gasteiger partial charge in [-0.15, -0.1) is 5.10 Å². The van der Waals surface area contributed by atoms with E-state index in [-0.39, 0.29) is 5.56 Å². The maximum Gasteiger partial charge on any atom is 0.255 e. The number of para-hydroxylation sites is 1. The summed E-state index contributed by atoms with van der Waals surface area (Å²) in [7, 11) is 0. The first kappa shape index (κ1) is 17.4. The normalized spacial score (nSPS) is 13.9. The van der Waals surface area contributed by atoms with Crippen LogP contribution in [0.5, 0.6) is 0 Å². The molecule has 29 heavy (non-hydrogen) atoms. The van der Waals surface area contributed by atoms with Crippen LogP contribution in [0, 0.1) is 0 Å². The van der Waals surface area contributed by atoms with Gasteiger partial charge in [-0.3, -0.25) is 14.7 Å². The van der Waals surface area contributed by atoms with Gasteiger partial charge in [0.15, 0.2) is 0 Å². The van der Waals surface area contributed by atoms with Crippen molar-refractivity contribution in [2.45, 2.75) is 19.5 Å². The largest absolute Gasteiger partial charge is 0.306 e. The number of nitrogens with one attached hydrogen (secondary N) is 1. The van der Waals surface area contributed by atoms with Crippen LogP contribution in [0.25, 0.3) is 17.1 Å². The lowest BCUT2D eigenvalue weighted by Crippen LogP contribution is -2.35. The van der Waals surface area contributed by atoms with Gasteiger partial charge in [0, 0.05) is 44.0 Å². The first-order valence-corrected chi connectivity index (χ1v) is 9.48. The van der Waals surface area contributed by atoms with E-state index in [0.717, 1.165) is 41.2 Å². The Morgan fingerprint density at radius 1 is 1.10 bits per heavy atom. The van der Waals surface area contributed by atoms with Crippen LogP contribution in [0.2, 0.25) is 0 Å². The van der Waals surface area contributed by atoms with E-state index in [1.807, 2.05) is 48.7 Å². The van der Waals surface area contributed by atoms with Gasteiger partial charge in [0.1, 0.15) is 5.82 Å². The van der Waals surface area contributed by atoms with E-state index in [2.05, 4.69) is 30.2 Å². The van der Waals surface area contributed by atoms with E-state index in [9.17, 15) is 4.79 Å². The van der Waals surface area contributed by atoms with Crippen molar-refractivity contribution in [2.24, 2.45) is 0 Å². The molecule has 0 saturated heterocycles. The van der Waals surface area contributed by atoms with Crippen molar-refractivity contribution >= 4 is 0 Å². The van der Waals surface area contributed by atoms with Crippen molar-refractivity contribution in [2.75, 3.05) is 6.54 Å². The van der Waals surface area contributed by atoms with E-state index in [4.69, 9.17) is 0 Å². The molecule has 1 aliphatic heterocycles. The molecule has 0 radical (unpaired) electrons. The number of nitrogens with zero attached hydrogens (tertiary/aromatic N) is 6. The fourth-order valence-electron chi connectivity index (χ4n) is 3.56. The van der Waals surface area contributed by atoms with Crippen molar-refractivity contribution in [1.82, 2.24) is 34.8 Å². The highest BCUT2D eigenvalue weighted by Gasteiger charge is 2.22. The molecule has 8 nitrogen and oxygen atoms in total. The van der Waals surface area contributed by atoms with Crippen LogP contribution in [-0.2, 0) is 19.5 Å². The van der Waals surface area contributed by atoms with Crippen molar-refractivity contribution < 1.29 is 0 Å². The summed E-state index contributed by atoms with van der Waals surface area (Å²) in [5.41, 5.74) is 4.14. The molecule has 0 amide bonds. The zero-order valence-electron chi connectivity index (χ0n) is 15.7. The molecular formula is C21H19N7O. The Bertz CT molecular complexity index is 1180. The van der Waals surface area contributed by atoms with Crippen molar-refractivity contribution in [3.05, 3.63) is 88.4 Å². The summed E-state index contributed by atoms with van der Waals surface area (Å²) in [6.07, 6.45) is 6.06. The van der Waals surface area contributed by atoms with Crippen LogP contribution in [0.3, 0.4) is 0 Å². The SMILES string of the molecule is O=c1[nH]c(-c2cccnc2)nc2c1CN(Cc1cn(-c3ccccc3)nn1)CC2. The average molecular weight is 385 g/mol. The molecule has 3 aromatic heterocycles. The predicted octanol–water partition coefficient (Wildman–Crippen LogP) is 1.97. The number of fused-ring (bicyclic) bond motifs is 1. The molecule has 4 aromatic rings. The van der Waals surface area contributed by atoms with E-state index in [1.54, 1.807) is 17.1 Å². The Morgan fingerprint density at radius 2 is 2.00 bits per heavy atom. The highest BCUT2D eigenvalue weighted by atomic mass is 16.1. The summed E-state index contributed by atoms with van der Waals surface area (Å²) < 4.78 is 1.77. The number of hydrogen-bond donors (Lipinski definition) is 1. The summed E-state index contributed by atoms with van der Waals surface area (Å²) in [6, 6.07) is 13.6. The maximum atomic E-state index is 12.7. The summed E-state index contributed by atoms with van der Waals surface area (Å²) >= 11 is 0. The minimum absolute atomic E-state index is 0.0912. The molecule has 144 valence electrons. The van der Waals surface area contributed by atoms with E-state index in [0.29, 0.717) is 18.9 Å². The van der Waals surface area contributed by atoms with Crippen LogP contribution in [0.15, 0.2) is 65.8 Å². The molecule has 0 atom stereocenters. The average Bonchev–Trinajstić information content (AvgIpc) is 3.24. The molecule has 1 aromatic carbocycles. The third-order valence-corrected chi connectivity index (χ3v) is 5.03. The first-order valence-electron chi connectivity index (χ1n) is 9.48. The summed E-state index contributed by atoms with van der Waals surface area (Å²) in [4.78, 5) is 26.5. The number of aromatic nitrogens is 6. The number of pyridine rings is 1. The molecule has 1 aliphatic rings. The highest BCUT2D eigenvalue weighted by Crippen LogP contribution is 2.19. The van der Waals surface area contributed by atoms with Crippen LogP contribution in [-0.4, -0.2) is 41.4 Å². The number of benzene rings is 1. The quantitative estimate of drug-likeness (QED) is 0.577. The molecule has 8 heteroatoms. The minimum atomic E-state index is -0.0912. The lowest BCUT2D eigenvalue weighted by Gasteiger charge is -2.26. The molecule has 0 aliphatic carbocycles. The Labute approximate surface area is 166 Å². The number of H-pyrrole nitrogens is 1. The van der Waals surface area contributed by atoms with E-state index >= 15 is 0 Å². The predicted molar refractivity (Wildman–Crippen MR) is 107 cm³/mol. The molecule has 1 N–H and O–H groups in total. The third kappa shape index (κ3) is 3.57. The molecule has 0 unspecified atom stereocenters. The van der Waals surface area contributed by atoms with Crippen molar-refractivity contribution in [1.29, 1.82) is 0 Å². The molecule has 0 bridgehead atoms. The monoisotopic (exact) mass is 385 g/mol. The van der Waals surface area contributed by atoms with Gasteiger partial charge in [0.2, 0.25) is 0 Å². The fraction of sp³-hybridized carbons (Fsp3) is 0.190. The summed E-state index contributed by atoms with van der Waals surface area (Å²) in [6.45, 7) is 1.99. The van der Waals surface area contributed by atoms with Crippen LogP contribution < -0.4 is 5.56 Å². The second kappa shape index (κ2) is 7.40. The minimum Gasteiger partial charge on any atom is -0.306 e. The Hall–Kier alpha value is -3.65. The maximum absolute atomic E-state index is 12.7. The van der Waals surface area contributed by atoms with Gasteiger partial charge in [0.25, 0.3) is 5.56 Å². The van der Waals surface area contributed by atoms with Gasteiger partial charge in [-0.25, -0.2) is 9.67 Å². The van der Waals surface area contributed by atoms with Crippen LogP contribution in [0.4, 0.5) is 0 Å². The van der Waals surface area contributed by atoms with Crippen LogP contribution >= 0.6 is 0 Å². The van der Waals surface area contributed by atoms with E-state index < -0.39 is 0 Å². The third-order valence-electron chi connectivity index (χ3n) is 5.03. The number of rotatable bonds is 4. The molecular weight excluding hydrogens is 366 g/mol. The standard InChI is InChI=1S/C21H19N7O/c29-21-18-14-27(12-16-13-28(26-25-16)17-6-2-1-3-7-17)10-8-19(18)23-20(24-21)15-5-4-9-22-11-15/h1-7,9,11,13H,8,10,12,14H2,(H,23,24,29). The topological polar surface area (TPSA) is 92.6 Å². The number of aromatic amines is 1. The zero-order chi connectivity index (χ0) is 19.6. The summed E-state index contributed by atoms with van der Waals surface area (Å²) in [5, 5.41) is 8.49. The number of hydrogen-bond acceptors (Lipinski definition) is 6. The lowest BCUT2D eigenvalue weighted by molar-refractivity contribution is 0.239. The fourth-order valence-corrected chi connectivity index (χ4v) is 3.56. The van der Waals surface area contributed by atoms with Gasteiger partial charge in [-0.1, -0.05) is 23.4 Å². The Balaban J connectivity index is 1.34. The lowest BCUT2D eigenvalue weighted by atomic mass is 10.1. The van der Waals surface area contributed by atoms with E-state index in [1.165, 1.54) is 0 Å². The van der Waals surface area contributed by atoms with Gasteiger partial charge in [-0.05, 0) is 24.3 Å². The van der Waals surface area contributed by atoms with Gasteiger partial charge >= 0.3 is 0 Å². The molecule has 0 spiro atoms. The molecule has 0 saturated carbocycles. The van der Waals surface area contributed by atoms with Gasteiger partial charge in [0.05, 0.1) is 28.8 Å². The molecule has 4 heterocycles. The second-order valence-electron chi connectivity index (χ2n) is 7.03. The molecule has 0 fully saturated rings. The van der Waals surface area contributed by atoms with Crippen LogP contribution in [0.1, 0.15) is 17.0 Å². The van der Waals surface area contributed by atoms with Crippen molar-refractivity contribution in [3.8, 4) is 17.1 Å². The van der Waals surface area contributed by atoms with Gasteiger partial charge < -0.3 is 4.98 Å². The Kier molecular flexibility index (Phi) is 4.45. The van der Waals surface area contributed by atoms with Crippen molar-refractivity contribution in [3.63, 3.8) is 0 Å². The second-order valence-corrected chi connectivity index (χ2v) is 7.03. The first-order chi connectivity index (χ1) is 14.3. The Morgan fingerprint density at radius 3 is 2.83 bits per heavy atom. The highest BCUT2D eigenvalue weighted by molar-refractivity contribution is 5.53. The zero-order valence-corrected chi connectivity index (χ0v) is 15.7. The summed E-state index contributed by atoms with van der Waals surface area (Å²) in [5.74, 6) is 0.570.